The molecule has 1 unspecified atom stereocenters. The molecule has 0 bridgehead atoms. The van der Waals surface area contributed by atoms with Crippen LogP contribution in [0.4, 0.5) is 0 Å². The molecule has 160 valence electrons. The summed E-state index contributed by atoms with van der Waals surface area (Å²) in [5.74, 6) is 0.0529. The van der Waals surface area contributed by atoms with Crippen molar-refractivity contribution in [2.45, 2.75) is 44.0 Å². The number of carbonyl (C=O) groups excluding carboxylic acids is 1. The Morgan fingerprint density at radius 2 is 1.97 bits per heavy atom. The van der Waals surface area contributed by atoms with E-state index in [4.69, 9.17) is 14.2 Å². The standard InChI is InChI=1S/C24H30N2O4/c27-23(21-7-4-11-25-18-21)26-12-9-24(10-13-26)17-22(8-14-30-24)29-16-15-28-19-20-5-2-1-3-6-20/h1-7,11,18,22H,8-10,12-17,19H2. The molecule has 1 aromatic carbocycles. The van der Waals surface area contributed by atoms with E-state index in [9.17, 15) is 4.79 Å². The molecular formula is C24H30N2O4. The average Bonchev–Trinajstić information content (AvgIpc) is 2.80. The van der Waals surface area contributed by atoms with Crippen molar-refractivity contribution in [2.24, 2.45) is 0 Å². The van der Waals surface area contributed by atoms with Crippen molar-refractivity contribution >= 4 is 5.91 Å². The molecule has 3 heterocycles. The highest BCUT2D eigenvalue weighted by Gasteiger charge is 2.41. The van der Waals surface area contributed by atoms with Crippen molar-refractivity contribution in [3.8, 4) is 0 Å². The maximum atomic E-state index is 12.6. The minimum absolute atomic E-state index is 0.0529. The highest BCUT2D eigenvalue weighted by atomic mass is 16.5. The number of benzene rings is 1. The van der Waals surface area contributed by atoms with E-state index >= 15 is 0 Å². The van der Waals surface area contributed by atoms with Gasteiger partial charge in [0.25, 0.3) is 5.91 Å². The van der Waals surface area contributed by atoms with Gasteiger partial charge in [0.05, 0.1) is 37.1 Å². The second-order valence-corrected chi connectivity index (χ2v) is 8.09. The summed E-state index contributed by atoms with van der Waals surface area (Å²) < 4.78 is 18.0. The number of rotatable bonds is 7. The number of piperidine rings is 1. The molecule has 2 aliphatic heterocycles. The summed E-state index contributed by atoms with van der Waals surface area (Å²) in [5, 5.41) is 0. The van der Waals surface area contributed by atoms with Crippen molar-refractivity contribution in [2.75, 3.05) is 32.9 Å². The maximum Gasteiger partial charge on any atom is 0.255 e. The van der Waals surface area contributed by atoms with E-state index < -0.39 is 0 Å². The molecule has 1 spiro atoms. The molecule has 0 N–H and O–H groups in total. The monoisotopic (exact) mass is 410 g/mol. The molecule has 4 rings (SSSR count). The molecule has 1 aromatic heterocycles. The van der Waals surface area contributed by atoms with Gasteiger partial charge in [-0.1, -0.05) is 30.3 Å². The smallest absolute Gasteiger partial charge is 0.255 e. The zero-order valence-electron chi connectivity index (χ0n) is 17.4. The van der Waals surface area contributed by atoms with Gasteiger partial charge in [-0.25, -0.2) is 0 Å². The van der Waals surface area contributed by atoms with Crippen molar-refractivity contribution < 1.29 is 19.0 Å². The quantitative estimate of drug-likeness (QED) is 0.654. The number of carbonyl (C=O) groups is 1. The zero-order chi connectivity index (χ0) is 20.7. The Hall–Kier alpha value is -2.28. The number of amides is 1. The molecule has 2 fully saturated rings. The summed E-state index contributed by atoms with van der Waals surface area (Å²) >= 11 is 0. The molecule has 2 aromatic rings. The third kappa shape index (κ3) is 5.45. The third-order valence-corrected chi connectivity index (χ3v) is 6.01. The lowest BCUT2D eigenvalue weighted by Crippen LogP contribution is -2.52. The van der Waals surface area contributed by atoms with Crippen LogP contribution in [0.5, 0.6) is 0 Å². The number of aromatic nitrogens is 1. The van der Waals surface area contributed by atoms with Gasteiger partial charge in [0.2, 0.25) is 0 Å². The highest BCUT2D eigenvalue weighted by Crippen LogP contribution is 2.36. The van der Waals surface area contributed by atoms with E-state index in [1.54, 1.807) is 18.5 Å². The van der Waals surface area contributed by atoms with Crippen LogP contribution in [0.1, 0.15) is 41.6 Å². The van der Waals surface area contributed by atoms with Gasteiger partial charge >= 0.3 is 0 Å². The third-order valence-electron chi connectivity index (χ3n) is 6.01. The number of pyridine rings is 1. The lowest BCUT2D eigenvalue weighted by atomic mass is 9.83. The minimum Gasteiger partial charge on any atom is -0.376 e. The first kappa shape index (κ1) is 21.0. The second kappa shape index (κ2) is 10.2. The first-order chi connectivity index (χ1) is 14.7. The van der Waals surface area contributed by atoms with Crippen LogP contribution >= 0.6 is 0 Å². The van der Waals surface area contributed by atoms with E-state index in [1.165, 1.54) is 5.56 Å². The number of likely N-dealkylation sites (tertiary alicyclic amines) is 1. The van der Waals surface area contributed by atoms with Crippen LogP contribution in [0.25, 0.3) is 0 Å². The Kier molecular flexibility index (Phi) is 7.10. The van der Waals surface area contributed by atoms with E-state index in [0.29, 0.717) is 45.1 Å². The molecule has 30 heavy (non-hydrogen) atoms. The van der Waals surface area contributed by atoms with Crippen LogP contribution in [0.2, 0.25) is 0 Å². The van der Waals surface area contributed by atoms with Gasteiger partial charge in [0.1, 0.15) is 0 Å². The summed E-state index contributed by atoms with van der Waals surface area (Å²) in [5.41, 5.74) is 1.66. The summed E-state index contributed by atoms with van der Waals surface area (Å²) in [7, 11) is 0. The summed E-state index contributed by atoms with van der Waals surface area (Å²) in [6.45, 7) is 3.93. The van der Waals surface area contributed by atoms with Crippen LogP contribution in [0.3, 0.4) is 0 Å². The number of hydrogen-bond acceptors (Lipinski definition) is 5. The molecule has 6 heteroatoms. The Morgan fingerprint density at radius 3 is 2.73 bits per heavy atom. The van der Waals surface area contributed by atoms with Crippen LogP contribution in [0.15, 0.2) is 54.9 Å². The maximum absolute atomic E-state index is 12.6. The predicted molar refractivity (Wildman–Crippen MR) is 113 cm³/mol. The lowest BCUT2D eigenvalue weighted by Gasteiger charge is -2.46. The molecule has 2 aliphatic rings. The molecule has 0 saturated carbocycles. The van der Waals surface area contributed by atoms with E-state index in [1.807, 2.05) is 29.2 Å². The van der Waals surface area contributed by atoms with Crippen molar-refractivity contribution in [1.82, 2.24) is 9.88 Å². The topological polar surface area (TPSA) is 60.9 Å². The largest absolute Gasteiger partial charge is 0.376 e. The summed E-state index contributed by atoms with van der Waals surface area (Å²) in [4.78, 5) is 18.6. The Balaban J connectivity index is 1.19. The van der Waals surface area contributed by atoms with Crippen LogP contribution in [-0.4, -0.2) is 60.4 Å². The first-order valence-electron chi connectivity index (χ1n) is 10.8. The van der Waals surface area contributed by atoms with Gasteiger partial charge in [-0.05, 0) is 37.0 Å². The van der Waals surface area contributed by atoms with Crippen LogP contribution in [0, 0.1) is 0 Å². The Bertz CT molecular complexity index is 791. The van der Waals surface area contributed by atoms with Crippen molar-refractivity contribution in [3.05, 3.63) is 66.0 Å². The average molecular weight is 411 g/mol. The molecular weight excluding hydrogens is 380 g/mol. The van der Waals surface area contributed by atoms with E-state index in [-0.39, 0.29) is 17.6 Å². The fraction of sp³-hybridized carbons (Fsp3) is 0.500. The van der Waals surface area contributed by atoms with Gasteiger partial charge in [0.15, 0.2) is 0 Å². The molecule has 0 radical (unpaired) electrons. The molecule has 1 atom stereocenters. The minimum atomic E-state index is -0.167. The summed E-state index contributed by atoms with van der Waals surface area (Å²) in [6, 6.07) is 13.8. The summed E-state index contributed by atoms with van der Waals surface area (Å²) in [6.07, 6.45) is 7.02. The normalized spacial score (nSPS) is 20.9. The van der Waals surface area contributed by atoms with Gasteiger partial charge in [0, 0.05) is 38.5 Å². The van der Waals surface area contributed by atoms with Gasteiger partial charge in [-0.3, -0.25) is 9.78 Å². The SMILES string of the molecule is O=C(c1cccnc1)N1CCC2(CC1)CC(OCCOCc1ccccc1)CCO2. The van der Waals surface area contributed by atoms with Gasteiger partial charge in [-0.15, -0.1) is 0 Å². The molecule has 0 aliphatic carbocycles. The number of hydrogen-bond donors (Lipinski definition) is 0. The fourth-order valence-corrected chi connectivity index (χ4v) is 4.30. The van der Waals surface area contributed by atoms with Crippen LogP contribution < -0.4 is 0 Å². The second-order valence-electron chi connectivity index (χ2n) is 8.09. The van der Waals surface area contributed by atoms with Gasteiger partial charge < -0.3 is 19.1 Å². The Morgan fingerprint density at radius 1 is 1.13 bits per heavy atom. The van der Waals surface area contributed by atoms with E-state index in [2.05, 4.69) is 17.1 Å². The van der Waals surface area contributed by atoms with Crippen molar-refractivity contribution in [1.29, 1.82) is 0 Å². The molecule has 1 amide bonds. The van der Waals surface area contributed by atoms with E-state index in [0.717, 1.165) is 25.7 Å². The lowest BCUT2D eigenvalue weighted by molar-refractivity contribution is -0.155. The van der Waals surface area contributed by atoms with Gasteiger partial charge in [-0.2, -0.15) is 0 Å². The number of ether oxygens (including phenoxy) is 3. The predicted octanol–water partition coefficient (Wildman–Crippen LogP) is 3.47. The fourth-order valence-electron chi connectivity index (χ4n) is 4.30. The van der Waals surface area contributed by atoms with Crippen LogP contribution in [-0.2, 0) is 20.8 Å². The first-order valence-corrected chi connectivity index (χ1v) is 10.8. The molecule has 2 saturated heterocycles. The number of nitrogens with zero attached hydrogens (tertiary/aromatic N) is 2. The molecule has 6 nitrogen and oxygen atoms in total. The highest BCUT2D eigenvalue weighted by molar-refractivity contribution is 5.93. The van der Waals surface area contributed by atoms with Crippen molar-refractivity contribution in [3.63, 3.8) is 0 Å². The Labute approximate surface area is 178 Å². The zero-order valence-corrected chi connectivity index (χ0v) is 17.4.